The molecule has 0 spiro atoms. The third kappa shape index (κ3) is 13.7. The molecule has 0 amide bonds. The zero-order valence-electron chi connectivity index (χ0n) is 23.0. The lowest BCUT2D eigenvalue weighted by Crippen LogP contribution is -2.36. The Balaban J connectivity index is 2.85. The quantitative estimate of drug-likeness (QED) is 0.213. The van der Waals surface area contributed by atoms with Crippen molar-refractivity contribution in [3.8, 4) is 11.5 Å². The summed E-state index contributed by atoms with van der Waals surface area (Å²) in [5, 5.41) is 0. The summed E-state index contributed by atoms with van der Waals surface area (Å²) >= 11 is 0. The first-order chi connectivity index (χ1) is 17.8. The van der Waals surface area contributed by atoms with Gasteiger partial charge in [-0.3, -0.25) is 4.79 Å². The van der Waals surface area contributed by atoms with Crippen molar-refractivity contribution < 1.29 is 52.3 Å². The summed E-state index contributed by atoms with van der Waals surface area (Å²) in [6.45, 7) is 12.4. The lowest BCUT2D eigenvalue weighted by Gasteiger charge is -2.17. The zero-order chi connectivity index (χ0) is 28.8. The Morgan fingerprint density at radius 2 is 1.26 bits per heavy atom. The molecule has 0 fully saturated rings. The van der Waals surface area contributed by atoms with Gasteiger partial charge in [-0.15, -0.1) is 0 Å². The van der Waals surface area contributed by atoms with Gasteiger partial charge in [-0.05, 0) is 56.7 Å². The van der Waals surface area contributed by atoms with Gasteiger partial charge in [0.05, 0.1) is 19.3 Å². The molecular formula is C26H39NO11. The smallest absolute Gasteiger partial charge is 0.461 e. The van der Waals surface area contributed by atoms with Gasteiger partial charge in [-0.2, -0.15) is 0 Å². The molecule has 12 heteroatoms. The number of benzene rings is 1. The number of rotatable bonds is 13. The molecule has 38 heavy (non-hydrogen) atoms. The standard InChI is InChI=1S/C26H39NO11/c1-15(2)12-33-24(29)37-21-9-8-19(11-22(21)38-25(30)34-13-16(3)4)10-20(27)23(28)32-14-18(7)36-26(31)35-17(5)6/h8-9,11,15-18,20H,10,12-14,27H2,1-7H3/t18-,20-/m0/s1. The third-order valence-corrected chi connectivity index (χ3v) is 4.31. The van der Waals surface area contributed by atoms with Gasteiger partial charge in [0.15, 0.2) is 11.5 Å². The van der Waals surface area contributed by atoms with Crippen LogP contribution < -0.4 is 15.2 Å². The van der Waals surface area contributed by atoms with E-state index >= 15 is 0 Å². The minimum atomic E-state index is -1.09. The number of nitrogens with two attached hydrogens (primary N) is 1. The Morgan fingerprint density at radius 3 is 1.79 bits per heavy atom. The SMILES string of the molecule is CC(C)COC(=O)Oc1ccc(C[C@H](N)C(=O)OC[C@H](C)OC(=O)OC(C)C)cc1OC(=O)OCC(C)C. The highest BCUT2D eigenvalue weighted by Crippen LogP contribution is 2.30. The highest BCUT2D eigenvalue weighted by Gasteiger charge is 2.22. The molecule has 2 atom stereocenters. The molecule has 0 saturated carbocycles. The summed E-state index contributed by atoms with van der Waals surface area (Å²) in [6.07, 6.45) is -3.94. The van der Waals surface area contributed by atoms with Crippen molar-refractivity contribution in [2.24, 2.45) is 17.6 Å². The summed E-state index contributed by atoms with van der Waals surface area (Å²) in [4.78, 5) is 48.1. The minimum absolute atomic E-state index is 0.00105. The van der Waals surface area contributed by atoms with Crippen LogP contribution in [0.3, 0.4) is 0 Å². The van der Waals surface area contributed by atoms with Gasteiger partial charge < -0.3 is 38.9 Å². The molecule has 0 radical (unpaired) electrons. The Bertz CT molecular complexity index is 930. The second-order valence-electron chi connectivity index (χ2n) is 9.68. The van der Waals surface area contributed by atoms with Crippen LogP contribution in [0.5, 0.6) is 11.5 Å². The van der Waals surface area contributed by atoms with E-state index in [1.54, 1.807) is 13.8 Å². The van der Waals surface area contributed by atoms with Crippen molar-refractivity contribution in [2.75, 3.05) is 19.8 Å². The summed E-state index contributed by atoms with van der Waals surface area (Å²) < 4.78 is 35.4. The minimum Gasteiger partial charge on any atom is -0.461 e. The van der Waals surface area contributed by atoms with Gasteiger partial charge in [-0.1, -0.05) is 33.8 Å². The average Bonchev–Trinajstić information content (AvgIpc) is 2.80. The van der Waals surface area contributed by atoms with E-state index in [4.69, 9.17) is 38.9 Å². The molecule has 0 aliphatic carbocycles. The van der Waals surface area contributed by atoms with Gasteiger partial charge in [0.2, 0.25) is 0 Å². The van der Waals surface area contributed by atoms with Crippen molar-refractivity contribution in [1.29, 1.82) is 0 Å². The number of carbonyl (C=O) groups is 4. The van der Waals surface area contributed by atoms with E-state index in [1.807, 2.05) is 27.7 Å². The molecule has 0 aliphatic heterocycles. The molecular weight excluding hydrogens is 502 g/mol. The molecule has 0 saturated heterocycles. The maximum atomic E-state index is 12.4. The molecule has 0 aromatic heterocycles. The molecule has 12 nitrogen and oxygen atoms in total. The first kappa shape index (κ1) is 32.5. The van der Waals surface area contributed by atoms with Gasteiger partial charge in [0.1, 0.15) is 18.8 Å². The lowest BCUT2D eigenvalue weighted by molar-refractivity contribution is -0.148. The van der Waals surface area contributed by atoms with Crippen molar-refractivity contribution in [3.05, 3.63) is 23.8 Å². The van der Waals surface area contributed by atoms with Crippen LogP contribution in [0.1, 0.15) is 54.0 Å². The number of ether oxygens (including phenoxy) is 7. The van der Waals surface area contributed by atoms with E-state index in [1.165, 1.54) is 25.1 Å². The van der Waals surface area contributed by atoms with E-state index in [2.05, 4.69) is 0 Å². The van der Waals surface area contributed by atoms with Gasteiger partial charge >= 0.3 is 24.4 Å². The maximum Gasteiger partial charge on any atom is 0.513 e. The number of hydrogen-bond donors (Lipinski definition) is 1. The Kier molecular flexibility index (Phi) is 14.0. The van der Waals surface area contributed by atoms with E-state index < -0.39 is 36.6 Å². The van der Waals surface area contributed by atoms with Crippen LogP contribution >= 0.6 is 0 Å². The van der Waals surface area contributed by atoms with Crippen LogP contribution in [0, 0.1) is 11.8 Å². The maximum absolute atomic E-state index is 12.4. The highest BCUT2D eigenvalue weighted by molar-refractivity contribution is 5.76. The molecule has 0 unspecified atom stereocenters. The first-order valence-electron chi connectivity index (χ1n) is 12.4. The molecule has 0 heterocycles. The summed E-state index contributed by atoms with van der Waals surface area (Å²) in [5.74, 6) is -0.776. The first-order valence-corrected chi connectivity index (χ1v) is 12.4. The van der Waals surface area contributed by atoms with E-state index in [0.29, 0.717) is 5.56 Å². The van der Waals surface area contributed by atoms with Crippen molar-refractivity contribution >= 4 is 24.4 Å². The molecule has 214 valence electrons. The molecule has 1 aromatic rings. The average molecular weight is 542 g/mol. The van der Waals surface area contributed by atoms with Gasteiger partial charge in [0, 0.05) is 0 Å². The van der Waals surface area contributed by atoms with Crippen LogP contribution in [0.15, 0.2) is 18.2 Å². The molecule has 0 aliphatic rings. The van der Waals surface area contributed by atoms with Crippen LogP contribution in [-0.2, 0) is 34.9 Å². The Hall–Kier alpha value is -3.54. The Morgan fingerprint density at radius 1 is 0.711 bits per heavy atom. The normalized spacial score (nSPS) is 12.5. The van der Waals surface area contributed by atoms with E-state index in [-0.39, 0.29) is 55.7 Å². The largest absolute Gasteiger partial charge is 0.513 e. The topological polar surface area (TPSA) is 159 Å². The predicted octanol–water partition coefficient (Wildman–Crippen LogP) is 4.39. The monoisotopic (exact) mass is 541 g/mol. The van der Waals surface area contributed by atoms with E-state index in [9.17, 15) is 19.2 Å². The van der Waals surface area contributed by atoms with Crippen molar-refractivity contribution in [1.82, 2.24) is 0 Å². The summed E-state index contributed by atoms with van der Waals surface area (Å²) in [7, 11) is 0. The van der Waals surface area contributed by atoms with Gasteiger partial charge in [-0.25, -0.2) is 14.4 Å². The zero-order valence-corrected chi connectivity index (χ0v) is 23.0. The summed E-state index contributed by atoms with van der Waals surface area (Å²) in [6, 6.07) is 3.22. The molecule has 0 bridgehead atoms. The molecule has 1 aromatic carbocycles. The number of hydrogen-bond acceptors (Lipinski definition) is 12. The second-order valence-corrected chi connectivity index (χ2v) is 9.68. The van der Waals surface area contributed by atoms with E-state index in [0.717, 1.165) is 0 Å². The van der Waals surface area contributed by atoms with Crippen molar-refractivity contribution in [2.45, 2.75) is 73.1 Å². The molecule has 1 rings (SSSR count). The van der Waals surface area contributed by atoms with Crippen LogP contribution in [0.4, 0.5) is 14.4 Å². The third-order valence-electron chi connectivity index (χ3n) is 4.31. The van der Waals surface area contributed by atoms with Crippen LogP contribution in [0.2, 0.25) is 0 Å². The predicted molar refractivity (Wildman–Crippen MR) is 135 cm³/mol. The van der Waals surface area contributed by atoms with Gasteiger partial charge in [0.25, 0.3) is 0 Å². The fourth-order valence-corrected chi connectivity index (χ4v) is 2.61. The number of carbonyl (C=O) groups excluding carboxylic acids is 4. The van der Waals surface area contributed by atoms with Crippen LogP contribution in [0.25, 0.3) is 0 Å². The fraction of sp³-hybridized carbons (Fsp3) is 0.615. The Labute approximate surface area is 223 Å². The van der Waals surface area contributed by atoms with Crippen LogP contribution in [-0.4, -0.2) is 62.5 Å². The number of esters is 1. The molecule has 2 N–H and O–H groups in total. The summed E-state index contributed by atoms with van der Waals surface area (Å²) in [5.41, 5.74) is 6.46. The lowest BCUT2D eigenvalue weighted by atomic mass is 10.1. The fourth-order valence-electron chi connectivity index (χ4n) is 2.61. The van der Waals surface area contributed by atoms with Crippen molar-refractivity contribution in [3.63, 3.8) is 0 Å². The second kappa shape index (κ2) is 16.3. The highest BCUT2D eigenvalue weighted by atomic mass is 16.7.